The van der Waals surface area contributed by atoms with Crippen molar-refractivity contribution in [2.24, 2.45) is 0 Å². The first-order valence-corrected chi connectivity index (χ1v) is 10.4. The Hall–Kier alpha value is -3.19. The molecule has 1 N–H and O–H groups in total. The summed E-state index contributed by atoms with van der Waals surface area (Å²) in [5, 5.41) is 3.01. The molecule has 0 unspecified atom stereocenters. The van der Waals surface area contributed by atoms with E-state index in [9.17, 15) is 14.0 Å². The molecule has 164 valence electrons. The van der Waals surface area contributed by atoms with Crippen molar-refractivity contribution in [3.8, 4) is 5.75 Å². The van der Waals surface area contributed by atoms with Gasteiger partial charge in [-0.15, -0.1) is 0 Å². The molecule has 0 aromatic heterocycles. The van der Waals surface area contributed by atoms with Crippen LogP contribution in [-0.4, -0.2) is 43.6 Å². The summed E-state index contributed by atoms with van der Waals surface area (Å²) in [5.41, 5.74) is 1.58. The summed E-state index contributed by atoms with van der Waals surface area (Å²) >= 11 is 0. The number of ether oxygens (including phenoxy) is 2. The number of halogens is 1. The molecule has 0 atom stereocenters. The zero-order valence-corrected chi connectivity index (χ0v) is 17.8. The number of nitrogens with zero attached hydrogens (tertiary/aromatic N) is 1. The Kier molecular flexibility index (Phi) is 7.78. The van der Waals surface area contributed by atoms with Crippen LogP contribution < -0.4 is 10.1 Å². The topological polar surface area (TPSA) is 67.9 Å². The Labute approximate surface area is 181 Å². The van der Waals surface area contributed by atoms with E-state index in [-0.39, 0.29) is 29.5 Å². The van der Waals surface area contributed by atoms with Gasteiger partial charge in [0.1, 0.15) is 17.3 Å². The fourth-order valence-electron chi connectivity index (χ4n) is 3.27. The van der Waals surface area contributed by atoms with E-state index in [1.165, 1.54) is 29.2 Å². The minimum absolute atomic E-state index is 0.175. The highest BCUT2D eigenvalue weighted by Crippen LogP contribution is 2.31. The second kappa shape index (κ2) is 10.7. The number of methoxy groups -OCH3 is 1. The minimum atomic E-state index is -0.409. The van der Waals surface area contributed by atoms with Crippen molar-refractivity contribution in [2.45, 2.75) is 26.2 Å². The molecule has 1 aliphatic heterocycles. The molecule has 1 aliphatic rings. The maximum absolute atomic E-state index is 13.3. The second-order valence-electron chi connectivity index (χ2n) is 7.19. The van der Waals surface area contributed by atoms with E-state index < -0.39 is 5.91 Å². The number of nitrogens with one attached hydrogen (secondary N) is 1. The van der Waals surface area contributed by atoms with E-state index in [4.69, 9.17) is 9.47 Å². The second-order valence-corrected chi connectivity index (χ2v) is 7.19. The van der Waals surface area contributed by atoms with E-state index in [0.29, 0.717) is 36.6 Å². The zero-order valence-electron chi connectivity index (χ0n) is 17.8. The Balaban J connectivity index is 1.82. The maximum atomic E-state index is 13.3. The molecule has 7 heteroatoms. The molecule has 3 rings (SSSR count). The van der Waals surface area contributed by atoms with Gasteiger partial charge in [0.05, 0.1) is 12.7 Å². The molecule has 0 fully saturated rings. The van der Waals surface area contributed by atoms with Crippen LogP contribution in [0.5, 0.6) is 5.75 Å². The highest BCUT2D eigenvalue weighted by atomic mass is 19.1. The van der Waals surface area contributed by atoms with Crippen LogP contribution in [0, 0.1) is 5.82 Å². The number of amides is 2. The van der Waals surface area contributed by atoms with Crippen molar-refractivity contribution in [1.29, 1.82) is 0 Å². The molecule has 0 aliphatic carbocycles. The smallest absolute Gasteiger partial charge is 0.278 e. The quantitative estimate of drug-likeness (QED) is 0.430. The monoisotopic (exact) mass is 426 g/mol. The van der Waals surface area contributed by atoms with Crippen LogP contribution in [0.4, 0.5) is 10.1 Å². The van der Waals surface area contributed by atoms with Gasteiger partial charge in [-0.1, -0.05) is 25.5 Å². The average Bonchev–Trinajstić information content (AvgIpc) is 3.01. The van der Waals surface area contributed by atoms with Crippen molar-refractivity contribution in [3.05, 3.63) is 65.6 Å². The van der Waals surface area contributed by atoms with Crippen molar-refractivity contribution < 1.29 is 23.5 Å². The summed E-state index contributed by atoms with van der Waals surface area (Å²) in [6.45, 7) is 3.51. The number of rotatable bonds is 11. The lowest BCUT2D eigenvalue weighted by Gasteiger charge is -2.15. The molecule has 0 saturated carbocycles. The van der Waals surface area contributed by atoms with Gasteiger partial charge in [-0.25, -0.2) is 4.39 Å². The fraction of sp³-hybridized carbons (Fsp3) is 0.333. The summed E-state index contributed by atoms with van der Waals surface area (Å²) < 4.78 is 24.0. The van der Waals surface area contributed by atoms with Crippen LogP contribution in [0.2, 0.25) is 0 Å². The van der Waals surface area contributed by atoms with Gasteiger partial charge in [0.15, 0.2) is 0 Å². The van der Waals surface area contributed by atoms with Crippen LogP contribution in [0.25, 0.3) is 5.57 Å². The average molecular weight is 426 g/mol. The molecule has 6 nitrogen and oxygen atoms in total. The molecule has 31 heavy (non-hydrogen) atoms. The van der Waals surface area contributed by atoms with Crippen molar-refractivity contribution in [3.63, 3.8) is 0 Å². The van der Waals surface area contributed by atoms with Gasteiger partial charge in [0, 0.05) is 25.4 Å². The summed E-state index contributed by atoms with van der Waals surface area (Å²) in [5.74, 6) is -0.509. The third-order valence-electron chi connectivity index (χ3n) is 4.97. The Morgan fingerprint density at radius 2 is 1.61 bits per heavy atom. The maximum Gasteiger partial charge on any atom is 0.278 e. The normalized spacial score (nSPS) is 13.8. The number of carbonyl (C=O) groups is 2. The highest BCUT2D eigenvalue weighted by molar-refractivity contribution is 6.36. The van der Waals surface area contributed by atoms with Crippen LogP contribution in [0.15, 0.2) is 54.2 Å². The van der Waals surface area contributed by atoms with E-state index in [0.717, 1.165) is 12.8 Å². The Bertz CT molecular complexity index is 939. The van der Waals surface area contributed by atoms with Crippen LogP contribution in [-0.2, 0) is 14.3 Å². The van der Waals surface area contributed by atoms with Crippen molar-refractivity contribution in [1.82, 2.24) is 4.90 Å². The minimum Gasteiger partial charge on any atom is -0.497 e. The first kappa shape index (κ1) is 22.5. The highest BCUT2D eigenvalue weighted by Gasteiger charge is 2.38. The molecule has 0 radical (unpaired) electrons. The van der Waals surface area contributed by atoms with Gasteiger partial charge in [-0.2, -0.15) is 0 Å². The van der Waals surface area contributed by atoms with E-state index in [2.05, 4.69) is 12.2 Å². The van der Waals surface area contributed by atoms with Gasteiger partial charge in [-0.05, 0) is 54.8 Å². The van der Waals surface area contributed by atoms with Gasteiger partial charge in [0.2, 0.25) is 0 Å². The number of unbranched alkanes of at least 4 members (excludes halogenated alkanes) is 1. The lowest BCUT2D eigenvalue weighted by atomic mass is 10.0. The number of anilines is 1. The number of benzene rings is 2. The number of hydrogen-bond donors (Lipinski definition) is 1. The number of hydrogen-bond acceptors (Lipinski definition) is 5. The van der Waals surface area contributed by atoms with E-state index in [1.807, 2.05) is 0 Å². The molecular formula is C24H27FN2O4. The third-order valence-corrected chi connectivity index (χ3v) is 4.97. The van der Waals surface area contributed by atoms with Gasteiger partial charge in [0.25, 0.3) is 11.8 Å². The largest absolute Gasteiger partial charge is 0.497 e. The molecular weight excluding hydrogens is 399 g/mol. The Morgan fingerprint density at radius 1 is 0.935 bits per heavy atom. The zero-order chi connectivity index (χ0) is 22.2. The van der Waals surface area contributed by atoms with Gasteiger partial charge in [-0.3, -0.25) is 14.5 Å². The first-order chi connectivity index (χ1) is 15.0. The first-order valence-electron chi connectivity index (χ1n) is 10.4. The summed E-state index contributed by atoms with van der Waals surface area (Å²) in [4.78, 5) is 27.5. The van der Waals surface area contributed by atoms with Crippen LogP contribution >= 0.6 is 0 Å². The summed E-state index contributed by atoms with van der Waals surface area (Å²) in [7, 11) is 1.56. The lowest BCUT2D eigenvalue weighted by Crippen LogP contribution is -2.34. The van der Waals surface area contributed by atoms with E-state index in [1.54, 1.807) is 31.4 Å². The molecule has 2 amide bonds. The predicted molar refractivity (Wildman–Crippen MR) is 117 cm³/mol. The number of imide groups is 1. The molecule has 2 aromatic rings. The molecule has 0 saturated heterocycles. The predicted octanol–water partition coefficient (Wildman–Crippen LogP) is 4.23. The molecule has 0 spiro atoms. The summed E-state index contributed by atoms with van der Waals surface area (Å²) in [6, 6.07) is 12.6. The standard InChI is InChI=1S/C24H27FN2O4/c1-3-4-15-31-16-5-14-27-23(28)21(17-6-12-20(30-2)13-7-17)22(24(27)29)26-19-10-8-18(25)9-11-19/h6-13,26H,3-5,14-16H2,1-2H3. The SMILES string of the molecule is CCCCOCCCN1C(=O)C(Nc2ccc(F)cc2)=C(c2ccc(OC)cc2)C1=O. The van der Waals surface area contributed by atoms with Crippen LogP contribution in [0.1, 0.15) is 31.7 Å². The lowest BCUT2D eigenvalue weighted by molar-refractivity contribution is -0.137. The molecule has 0 bridgehead atoms. The van der Waals surface area contributed by atoms with Crippen molar-refractivity contribution >= 4 is 23.1 Å². The van der Waals surface area contributed by atoms with Gasteiger partial charge < -0.3 is 14.8 Å². The summed E-state index contributed by atoms with van der Waals surface area (Å²) in [6.07, 6.45) is 2.59. The van der Waals surface area contributed by atoms with Crippen LogP contribution in [0.3, 0.4) is 0 Å². The van der Waals surface area contributed by atoms with Gasteiger partial charge >= 0.3 is 0 Å². The Morgan fingerprint density at radius 3 is 2.26 bits per heavy atom. The fourth-order valence-corrected chi connectivity index (χ4v) is 3.27. The van der Waals surface area contributed by atoms with E-state index >= 15 is 0 Å². The number of carbonyl (C=O) groups excluding carboxylic acids is 2. The van der Waals surface area contributed by atoms with Crippen molar-refractivity contribution in [2.75, 3.05) is 32.2 Å². The molecule has 2 aromatic carbocycles. The third kappa shape index (κ3) is 5.49. The molecule has 1 heterocycles.